The van der Waals surface area contributed by atoms with Crippen molar-refractivity contribution in [2.24, 2.45) is 0 Å². The maximum Gasteiger partial charge on any atom is 0.332 e. The summed E-state index contributed by atoms with van der Waals surface area (Å²) < 4.78 is 5.22. The van der Waals surface area contributed by atoms with Crippen molar-refractivity contribution in [2.75, 3.05) is 22.6 Å². The molecule has 3 N–H and O–H groups in total. The van der Waals surface area contributed by atoms with Crippen LogP contribution in [0.3, 0.4) is 0 Å². The van der Waals surface area contributed by atoms with E-state index in [1.807, 2.05) is 0 Å². The third kappa shape index (κ3) is 6.21. The minimum absolute atomic E-state index is 0.151. The van der Waals surface area contributed by atoms with Crippen LogP contribution in [0, 0.1) is 0 Å². The van der Waals surface area contributed by atoms with Gasteiger partial charge in [-0.1, -0.05) is 34.8 Å². The number of hydrogen-bond acceptors (Lipinski definition) is 6. The maximum atomic E-state index is 13.5. The SMILES string of the molecule is COc1ccc(N(C(=O)Nc2cc(Cl)cc(Cl)c2Cl)c2ccnc(NC(C)C(C)(C)O)n2)cc1. The third-order valence-corrected chi connectivity index (χ3v) is 6.06. The number of carbonyl (C=O) groups excluding carboxylic acids is 1. The number of aliphatic hydroxyl groups is 1. The second kappa shape index (κ2) is 10.7. The van der Waals surface area contributed by atoms with E-state index in [1.165, 1.54) is 23.2 Å². The van der Waals surface area contributed by atoms with Gasteiger partial charge in [0.2, 0.25) is 5.95 Å². The smallest absolute Gasteiger partial charge is 0.332 e. The first-order valence-electron chi connectivity index (χ1n) is 10.2. The predicted molar refractivity (Wildman–Crippen MR) is 137 cm³/mol. The standard InChI is InChI=1S/C23H24Cl3N5O3/c1-13(23(2,3)33)28-21-27-10-9-19(30-21)31(15-5-7-16(34-4)8-6-15)22(32)29-18-12-14(24)11-17(25)20(18)26/h5-13,33H,1-4H3,(H,29,32)(H,27,28,30). The van der Waals surface area contributed by atoms with Crippen molar-refractivity contribution in [3.8, 4) is 5.75 Å². The largest absolute Gasteiger partial charge is 0.497 e. The Bertz CT molecular complexity index is 1170. The normalized spacial score (nSPS) is 12.1. The highest BCUT2D eigenvalue weighted by Crippen LogP contribution is 2.35. The van der Waals surface area contributed by atoms with Crippen LogP contribution in [0.5, 0.6) is 5.75 Å². The Morgan fingerprint density at radius 2 is 1.82 bits per heavy atom. The number of ether oxygens (including phenoxy) is 1. The molecule has 0 spiro atoms. The van der Waals surface area contributed by atoms with E-state index in [1.54, 1.807) is 58.2 Å². The summed E-state index contributed by atoms with van der Waals surface area (Å²) in [5, 5.41) is 16.7. The molecule has 1 atom stereocenters. The average Bonchev–Trinajstić information content (AvgIpc) is 2.77. The number of nitrogens with zero attached hydrogens (tertiary/aromatic N) is 3. The van der Waals surface area contributed by atoms with Crippen LogP contribution in [0.2, 0.25) is 15.1 Å². The van der Waals surface area contributed by atoms with E-state index in [4.69, 9.17) is 39.5 Å². The van der Waals surface area contributed by atoms with Crippen molar-refractivity contribution in [1.29, 1.82) is 0 Å². The summed E-state index contributed by atoms with van der Waals surface area (Å²) in [6.07, 6.45) is 1.51. The van der Waals surface area contributed by atoms with Gasteiger partial charge in [-0.05, 0) is 57.2 Å². The zero-order valence-corrected chi connectivity index (χ0v) is 21.2. The van der Waals surface area contributed by atoms with Crippen molar-refractivity contribution < 1.29 is 14.6 Å². The minimum Gasteiger partial charge on any atom is -0.497 e. The van der Waals surface area contributed by atoms with Crippen LogP contribution in [0.15, 0.2) is 48.7 Å². The number of nitrogens with one attached hydrogen (secondary N) is 2. The first-order chi connectivity index (χ1) is 16.0. The summed E-state index contributed by atoms with van der Waals surface area (Å²) in [5.41, 5.74) is -0.275. The van der Waals surface area contributed by atoms with Gasteiger partial charge in [0.1, 0.15) is 11.6 Å². The molecule has 3 rings (SSSR count). The molecule has 0 saturated heterocycles. The third-order valence-electron chi connectivity index (χ3n) is 5.04. The van der Waals surface area contributed by atoms with Crippen LogP contribution in [0.25, 0.3) is 0 Å². The van der Waals surface area contributed by atoms with Crippen molar-refractivity contribution in [2.45, 2.75) is 32.4 Å². The number of rotatable bonds is 7. The highest BCUT2D eigenvalue weighted by atomic mass is 35.5. The zero-order valence-electron chi connectivity index (χ0n) is 18.9. The van der Waals surface area contributed by atoms with Gasteiger partial charge >= 0.3 is 6.03 Å². The number of methoxy groups -OCH3 is 1. The Morgan fingerprint density at radius 3 is 2.44 bits per heavy atom. The van der Waals surface area contributed by atoms with Crippen molar-refractivity contribution in [3.05, 3.63) is 63.7 Å². The fraction of sp³-hybridized carbons (Fsp3) is 0.261. The van der Waals surface area contributed by atoms with Gasteiger partial charge in [0.05, 0.1) is 40.2 Å². The molecule has 0 saturated carbocycles. The quantitative estimate of drug-likeness (QED) is 0.310. The maximum absolute atomic E-state index is 13.5. The monoisotopic (exact) mass is 523 g/mol. The van der Waals surface area contributed by atoms with Crippen molar-refractivity contribution in [3.63, 3.8) is 0 Å². The molecule has 0 radical (unpaired) electrons. The van der Waals surface area contributed by atoms with E-state index in [0.29, 0.717) is 16.5 Å². The molecule has 2 amide bonds. The molecule has 8 nitrogen and oxygen atoms in total. The molecule has 0 aliphatic rings. The highest BCUT2D eigenvalue weighted by molar-refractivity contribution is 6.45. The summed E-state index contributed by atoms with van der Waals surface area (Å²) in [6, 6.07) is 10.5. The number of amides is 2. The predicted octanol–water partition coefficient (Wildman–Crippen LogP) is 6.39. The zero-order chi connectivity index (χ0) is 25.0. The Morgan fingerprint density at radius 1 is 1.15 bits per heavy atom. The molecule has 0 aliphatic carbocycles. The molecule has 1 heterocycles. The number of halogens is 3. The van der Waals surface area contributed by atoms with E-state index in [9.17, 15) is 9.90 Å². The van der Waals surface area contributed by atoms with Crippen LogP contribution < -0.4 is 20.3 Å². The summed E-state index contributed by atoms with van der Waals surface area (Å²) in [7, 11) is 1.55. The number of urea groups is 1. The first kappa shape index (κ1) is 25.8. The molecule has 1 unspecified atom stereocenters. The topological polar surface area (TPSA) is 99.6 Å². The lowest BCUT2D eigenvalue weighted by atomic mass is 10.0. The molecule has 180 valence electrons. The lowest BCUT2D eigenvalue weighted by Gasteiger charge is -2.27. The van der Waals surface area contributed by atoms with Gasteiger partial charge in [0, 0.05) is 17.3 Å². The van der Waals surface area contributed by atoms with Gasteiger partial charge in [0.15, 0.2) is 0 Å². The average molecular weight is 525 g/mol. The molecular weight excluding hydrogens is 501 g/mol. The molecule has 34 heavy (non-hydrogen) atoms. The lowest BCUT2D eigenvalue weighted by Crippen LogP contribution is -2.40. The number of hydrogen-bond donors (Lipinski definition) is 3. The summed E-state index contributed by atoms with van der Waals surface area (Å²) >= 11 is 18.5. The van der Waals surface area contributed by atoms with Crippen molar-refractivity contribution in [1.82, 2.24) is 9.97 Å². The number of aromatic nitrogens is 2. The van der Waals surface area contributed by atoms with Gasteiger partial charge in [0.25, 0.3) is 0 Å². The van der Waals surface area contributed by atoms with Crippen LogP contribution in [0.1, 0.15) is 20.8 Å². The van der Waals surface area contributed by atoms with Gasteiger partial charge in [-0.25, -0.2) is 14.7 Å². The van der Waals surface area contributed by atoms with Gasteiger partial charge in [-0.3, -0.25) is 0 Å². The molecule has 0 fully saturated rings. The summed E-state index contributed by atoms with van der Waals surface area (Å²) in [4.78, 5) is 23.5. The Hall–Kier alpha value is -2.78. The second-order valence-electron chi connectivity index (χ2n) is 7.97. The second-order valence-corrected chi connectivity index (χ2v) is 9.19. The summed E-state index contributed by atoms with van der Waals surface area (Å²) in [6.45, 7) is 5.14. The molecule has 11 heteroatoms. The first-order valence-corrected chi connectivity index (χ1v) is 11.3. The van der Waals surface area contributed by atoms with Crippen LogP contribution in [-0.4, -0.2) is 39.9 Å². The van der Waals surface area contributed by atoms with E-state index in [-0.39, 0.29) is 33.5 Å². The van der Waals surface area contributed by atoms with Crippen LogP contribution >= 0.6 is 34.8 Å². The number of benzene rings is 2. The lowest BCUT2D eigenvalue weighted by molar-refractivity contribution is 0.0646. The molecule has 2 aromatic carbocycles. The Balaban J connectivity index is 2.01. The van der Waals surface area contributed by atoms with E-state index in [0.717, 1.165) is 0 Å². The van der Waals surface area contributed by atoms with Gasteiger partial charge in [-0.2, -0.15) is 4.98 Å². The fourth-order valence-corrected chi connectivity index (χ4v) is 3.47. The molecular formula is C23H24Cl3N5O3. The molecule has 0 bridgehead atoms. The Labute approximate surface area is 212 Å². The van der Waals surface area contributed by atoms with Gasteiger partial charge < -0.3 is 20.5 Å². The summed E-state index contributed by atoms with van der Waals surface area (Å²) in [5.74, 6) is 1.13. The highest BCUT2D eigenvalue weighted by Gasteiger charge is 2.25. The van der Waals surface area contributed by atoms with Crippen LogP contribution in [-0.2, 0) is 0 Å². The minimum atomic E-state index is -1.02. The van der Waals surface area contributed by atoms with Crippen molar-refractivity contribution >= 4 is 64.0 Å². The molecule has 3 aromatic rings. The number of anilines is 4. The van der Waals surface area contributed by atoms with E-state index < -0.39 is 11.6 Å². The van der Waals surface area contributed by atoms with Crippen LogP contribution in [0.4, 0.5) is 27.9 Å². The molecule has 0 aliphatic heterocycles. The van der Waals surface area contributed by atoms with Gasteiger partial charge in [-0.15, -0.1) is 0 Å². The van der Waals surface area contributed by atoms with E-state index in [2.05, 4.69) is 20.6 Å². The molecule has 1 aromatic heterocycles. The fourth-order valence-electron chi connectivity index (χ4n) is 2.82. The number of carbonyl (C=O) groups is 1. The Kier molecular flexibility index (Phi) is 8.09. The van der Waals surface area contributed by atoms with E-state index >= 15 is 0 Å².